The number of hydrogen-bond acceptors (Lipinski definition) is 2. The molecule has 0 spiro atoms. The van der Waals surface area contributed by atoms with Crippen molar-refractivity contribution in [2.45, 2.75) is 19.4 Å². The van der Waals surface area contributed by atoms with Gasteiger partial charge in [0.2, 0.25) is 6.08 Å². The second-order valence-corrected chi connectivity index (χ2v) is 4.01. The van der Waals surface area contributed by atoms with E-state index >= 15 is 0 Å². The fourth-order valence-electron chi connectivity index (χ4n) is 1.79. The van der Waals surface area contributed by atoms with Crippen LogP contribution in [0.5, 0.6) is 0 Å². The summed E-state index contributed by atoms with van der Waals surface area (Å²) in [6.07, 6.45) is 3.51. The van der Waals surface area contributed by atoms with E-state index in [0.717, 1.165) is 16.5 Å². The molecule has 1 aromatic carbocycles. The Morgan fingerprint density at radius 1 is 1.33 bits per heavy atom. The van der Waals surface area contributed by atoms with Gasteiger partial charge in [-0.15, -0.1) is 0 Å². The lowest BCUT2D eigenvalue weighted by atomic mass is 9.92. The lowest BCUT2D eigenvalue weighted by Crippen LogP contribution is -2.13. The van der Waals surface area contributed by atoms with Crippen LogP contribution < -0.4 is 0 Å². The molecule has 1 N–H and O–H groups in total. The normalized spacial score (nSPS) is 11.3. The average Bonchev–Trinajstić information content (AvgIpc) is 2.64. The predicted octanol–water partition coefficient (Wildman–Crippen LogP) is 2.74. The molecule has 15 heavy (non-hydrogen) atoms. The Labute approximate surface area is 87.8 Å². The van der Waals surface area contributed by atoms with Crippen LogP contribution in [0.3, 0.4) is 0 Å². The number of hydrogen-bond donors (Lipinski definition) is 1. The first-order valence-electron chi connectivity index (χ1n) is 4.81. The fraction of sp³-hybridized carbons (Fsp3) is 0.250. The molecule has 0 saturated heterocycles. The molecule has 0 radical (unpaired) electrons. The van der Waals surface area contributed by atoms with Crippen molar-refractivity contribution in [2.75, 3.05) is 0 Å². The Bertz CT molecular complexity index is 533. The predicted molar refractivity (Wildman–Crippen MR) is 59.4 cm³/mol. The highest BCUT2D eigenvalue weighted by Crippen LogP contribution is 2.30. The first-order valence-corrected chi connectivity index (χ1v) is 4.81. The monoisotopic (exact) mass is 200 g/mol. The van der Waals surface area contributed by atoms with Crippen LogP contribution in [0.1, 0.15) is 19.4 Å². The number of carbonyl (C=O) groups excluding carboxylic acids is 1. The molecule has 0 bridgehead atoms. The standard InChI is InChI=1S/C12H12N2O/c1-12(2,14-8-15)10-4-3-5-11-9(10)6-7-13-11/h3-7,13H,1-2H3. The van der Waals surface area contributed by atoms with Gasteiger partial charge in [0.25, 0.3) is 0 Å². The van der Waals surface area contributed by atoms with Crippen LogP contribution in [0.2, 0.25) is 0 Å². The molecule has 3 nitrogen and oxygen atoms in total. The number of rotatable bonds is 2. The van der Waals surface area contributed by atoms with Crippen LogP contribution in [-0.2, 0) is 10.3 Å². The number of isocyanates is 1. The maximum Gasteiger partial charge on any atom is 0.235 e. The zero-order valence-corrected chi connectivity index (χ0v) is 8.74. The summed E-state index contributed by atoms with van der Waals surface area (Å²) in [7, 11) is 0. The molecule has 0 atom stereocenters. The van der Waals surface area contributed by atoms with Crippen molar-refractivity contribution < 1.29 is 4.79 Å². The zero-order valence-electron chi connectivity index (χ0n) is 8.74. The van der Waals surface area contributed by atoms with Crippen molar-refractivity contribution in [3.63, 3.8) is 0 Å². The van der Waals surface area contributed by atoms with Crippen molar-refractivity contribution in [2.24, 2.45) is 4.99 Å². The van der Waals surface area contributed by atoms with E-state index < -0.39 is 5.54 Å². The highest BCUT2D eigenvalue weighted by atomic mass is 16.1. The Morgan fingerprint density at radius 3 is 2.87 bits per heavy atom. The number of benzene rings is 1. The van der Waals surface area contributed by atoms with Gasteiger partial charge in [-0.1, -0.05) is 12.1 Å². The molecule has 0 aliphatic rings. The van der Waals surface area contributed by atoms with E-state index in [1.54, 1.807) is 6.08 Å². The molecular weight excluding hydrogens is 188 g/mol. The molecule has 0 aliphatic carbocycles. The molecule has 1 heterocycles. The van der Waals surface area contributed by atoms with Gasteiger partial charge < -0.3 is 4.98 Å². The largest absolute Gasteiger partial charge is 0.361 e. The number of fused-ring (bicyclic) bond motifs is 1. The van der Waals surface area contributed by atoms with Crippen LogP contribution in [0.15, 0.2) is 35.5 Å². The van der Waals surface area contributed by atoms with Crippen molar-refractivity contribution in [1.29, 1.82) is 0 Å². The topological polar surface area (TPSA) is 45.2 Å². The summed E-state index contributed by atoms with van der Waals surface area (Å²) in [5.74, 6) is 0. The van der Waals surface area contributed by atoms with Gasteiger partial charge >= 0.3 is 0 Å². The summed E-state index contributed by atoms with van der Waals surface area (Å²) in [6.45, 7) is 3.80. The molecule has 1 aromatic heterocycles. The Hall–Kier alpha value is -1.86. The number of aromatic nitrogens is 1. The molecule has 0 unspecified atom stereocenters. The molecule has 2 rings (SSSR count). The number of H-pyrrole nitrogens is 1. The Balaban J connectivity index is 2.70. The zero-order chi connectivity index (χ0) is 10.9. The van der Waals surface area contributed by atoms with Crippen LogP contribution in [0.25, 0.3) is 10.9 Å². The highest BCUT2D eigenvalue weighted by molar-refractivity contribution is 5.84. The minimum Gasteiger partial charge on any atom is -0.361 e. The minimum atomic E-state index is -0.524. The third-order valence-electron chi connectivity index (χ3n) is 2.58. The second-order valence-electron chi connectivity index (χ2n) is 4.01. The van der Waals surface area contributed by atoms with Crippen LogP contribution in [0.4, 0.5) is 0 Å². The van der Waals surface area contributed by atoms with E-state index in [9.17, 15) is 4.79 Å². The lowest BCUT2D eigenvalue weighted by molar-refractivity contribution is 0.525. The Kier molecular flexibility index (Phi) is 2.18. The van der Waals surface area contributed by atoms with Gasteiger partial charge in [0.1, 0.15) is 0 Å². The molecule has 0 amide bonds. The third kappa shape index (κ3) is 1.58. The van der Waals surface area contributed by atoms with Gasteiger partial charge in [0.05, 0.1) is 5.54 Å². The maximum absolute atomic E-state index is 10.4. The summed E-state index contributed by atoms with van der Waals surface area (Å²) in [5, 5.41) is 1.10. The van der Waals surface area contributed by atoms with E-state index in [1.165, 1.54) is 0 Å². The number of nitrogens with one attached hydrogen (secondary N) is 1. The number of aromatic amines is 1. The smallest absolute Gasteiger partial charge is 0.235 e. The summed E-state index contributed by atoms with van der Waals surface area (Å²) in [6, 6.07) is 7.93. The van der Waals surface area contributed by atoms with Gasteiger partial charge in [-0.3, -0.25) is 0 Å². The lowest BCUT2D eigenvalue weighted by Gasteiger charge is -2.18. The first kappa shape index (κ1) is 9.69. The first-order chi connectivity index (χ1) is 7.15. The maximum atomic E-state index is 10.4. The van der Waals surface area contributed by atoms with Gasteiger partial charge in [-0.05, 0) is 31.5 Å². The van der Waals surface area contributed by atoms with E-state index in [0.29, 0.717) is 0 Å². The fourth-order valence-corrected chi connectivity index (χ4v) is 1.79. The summed E-state index contributed by atoms with van der Waals surface area (Å²) < 4.78 is 0. The van der Waals surface area contributed by atoms with Gasteiger partial charge in [0, 0.05) is 17.1 Å². The van der Waals surface area contributed by atoms with Gasteiger partial charge in [-0.2, -0.15) is 4.99 Å². The Morgan fingerprint density at radius 2 is 2.13 bits per heavy atom. The van der Waals surface area contributed by atoms with Gasteiger partial charge in [-0.25, -0.2) is 4.79 Å². The molecule has 0 saturated carbocycles. The van der Waals surface area contributed by atoms with Crippen LogP contribution in [-0.4, -0.2) is 11.1 Å². The molecule has 3 heteroatoms. The van der Waals surface area contributed by atoms with E-state index in [-0.39, 0.29) is 0 Å². The molecule has 76 valence electrons. The molecule has 0 fully saturated rings. The van der Waals surface area contributed by atoms with Crippen molar-refractivity contribution >= 4 is 17.0 Å². The SMILES string of the molecule is CC(C)(N=C=O)c1cccc2[nH]ccc12. The van der Waals surface area contributed by atoms with E-state index in [4.69, 9.17) is 0 Å². The highest BCUT2D eigenvalue weighted by Gasteiger charge is 2.21. The van der Waals surface area contributed by atoms with Crippen LogP contribution >= 0.6 is 0 Å². The van der Waals surface area contributed by atoms with Crippen LogP contribution in [0, 0.1) is 0 Å². The van der Waals surface area contributed by atoms with E-state index in [1.807, 2.05) is 44.3 Å². The second kappa shape index (κ2) is 3.37. The van der Waals surface area contributed by atoms with Crippen molar-refractivity contribution in [1.82, 2.24) is 4.98 Å². The quantitative estimate of drug-likeness (QED) is 0.588. The summed E-state index contributed by atoms with van der Waals surface area (Å²) in [4.78, 5) is 17.3. The number of nitrogens with zero attached hydrogens (tertiary/aromatic N) is 1. The number of aliphatic imine (C=N–C) groups is 1. The van der Waals surface area contributed by atoms with Crippen molar-refractivity contribution in [3.8, 4) is 0 Å². The molecule has 2 aromatic rings. The molecule has 0 aliphatic heterocycles. The third-order valence-corrected chi connectivity index (χ3v) is 2.58. The summed E-state index contributed by atoms with van der Waals surface area (Å²) in [5.41, 5.74) is 1.56. The van der Waals surface area contributed by atoms with Gasteiger partial charge in [0.15, 0.2) is 0 Å². The summed E-state index contributed by atoms with van der Waals surface area (Å²) >= 11 is 0. The molecular formula is C12H12N2O. The van der Waals surface area contributed by atoms with E-state index in [2.05, 4.69) is 9.98 Å². The minimum absolute atomic E-state index is 0.524. The average molecular weight is 200 g/mol. The van der Waals surface area contributed by atoms with Crippen molar-refractivity contribution in [3.05, 3.63) is 36.0 Å².